The Morgan fingerprint density at radius 3 is 2.00 bits per heavy atom. The Labute approximate surface area is 179 Å². The van der Waals surface area contributed by atoms with Crippen LogP contribution in [0.4, 0.5) is 0 Å². The molecule has 0 aliphatic rings. The van der Waals surface area contributed by atoms with Crippen molar-refractivity contribution in [2.45, 2.75) is 93.7 Å². The molecule has 0 radical (unpaired) electrons. The third-order valence-corrected chi connectivity index (χ3v) is 5.59. The van der Waals surface area contributed by atoms with Crippen molar-refractivity contribution in [1.29, 1.82) is 0 Å². The third kappa shape index (κ3) is 11.9. The minimum atomic E-state index is -1.62. The number of para-hydroxylation sites is 1. The zero-order valence-electron chi connectivity index (χ0n) is 16.4. The number of alkyl halides is 3. The fraction of sp³-hybridized carbons (Fsp3) is 0.682. The predicted molar refractivity (Wildman–Crippen MR) is 117 cm³/mol. The van der Waals surface area contributed by atoms with Crippen molar-refractivity contribution in [2.75, 3.05) is 0 Å². The van der Waals surface area contributed by atoms with Crippen LogP contribution in [-0.2, 0) is 4.79 Å². The van der Waals surface area contributed by atoms with E-state index in [1.54, 1.807) is 24.3 Å². The number of hydrogen-bond acceptors (Lipinski definition) is 2. The highest BCUT2D eigenvalue weighted by Gasteiger charge is 2.38. The molecule has 5 heteroatoms. The van der Waals surface area contributed by atoms with Crippen LogP contribution in [0.2, 0.25) is 0 Å². The Morgan fingerprint density at radius 2 is 1.44 bits per heavy atom. The smallest absolute Gasteiger partial charge is 0.348 e. The topological polar surface area (TPSA) is 26.3 Å². The summed E-state index contributed by atoms with van der Waals surface area (Å²) in [5.41, 5.74) is 0. The molecule has 1 aromatic carbocycles. The molecule has 1 aromatic rings. The maximum absolute atomic E-state index is 12.2. The molecule has 0 heterocycles. The molecule has 0 aliphatic carbocycles. The summed E-state index contributed by atoms with van der Waals surface area (Å²) in [6, 6.07) is 8.77. The van der Waals surface area contributed by atoms with Crippen LogP contribution in [0.15, 0.2) is 30.3 Å². The number of carbonyl (C=O) groups is 1. The summed E-state index contributed by atoms with van der Waals surface area (Å²) < 4.78 is 3.60. The molecule has 0 bridgehead atoms. The van der Waals surface area contributed by atoms with E-state index in [9.17, 15) is 4.79 Å². The van der Waals surface area contributed by atoms with Crippen molar-refractivity contribution < 1.29 is 9.53 Å². The van der Waals surface area contributed by atoms with Gasteiger partial charge in [-0.1, -0.05) is 113 Å². The minimum absolute atomic E-state index is 0.181. The van der Waals surface area contributed by atoms with Crippen LogP contribution in [0.1, 0.15) is 84.0 Å². The number of rotatable bonds is 15. The lowest BCUT2D eigenvalue weighted by Gasteiger charge is -2.20. The summed E-state index contributed by atoms with van der Waals surface area (Å²) in [6.45, 7) is 2.24. The number of carbonyl (C=O) groups excluding carboxylic acids is 1. The SMILES string of the molecule is CCCCCCCCCCCCC(Cl)CC(Cl)(Cl)C(=O)Oc1ccccc1. The van der Waals surface area contributed by atoms with Gasteiger partial charge in [-0.25, -0.2) is 4.79 Å². The summed E-state index contributed by atoms with van der Waals surface area (Å²) in [6.07, 6.45) is 13.8. The predicted octanol–water partition coefficient (Wildman–Crippen LogP) is 8.07. The monoisotopic (exact) mass is 434 g/mol. The van der Waals surface area contributed by atoms with E-state index >= 15 is 0 Å². The Balaban J connectivity index is 2.12. The van der Waals surface area contributed by atoms with Crippen molar-refractivity contribution in [3.8, 4) is 5.75 Å². The molecule has 0 aromatic heterocycles. The van der Waals surface area contributed by atoms with Crippen LogP contribution in [0.5, 0.6) is 5.75 Å². The number of halogens is 3. The Hall–Kier alpha value is -0.440. The number of benzene rings is 1. The van der Waals surface area contributed by atoms with E-state index in [1.165, 1.54) is 51.4 Å². The standard InChI is InChI=1S/C22H33Cl3O2/c1-2-3-4-5-6-7-8-9-10-12-15-19(23)18-22(24,25)21(26)27-20-16-13-11-14-17-20/h11,13-14,16-17,19H,2-10,12,15,18H2,1H3. The number of unbranched alkanes of at least 4 members (excludes halogenated alkanes) is 9. The molecule has 1 unspecified atom stereocenters. The van der Waals surface area contributed by atoms with Gasteiger partial charge in [-0.2, -0.15) is 0 Å². The van der Waals surface area contributed by atoms with Crippen LogP contribution in [0, 0.1) is 0 Å². The number of esters is 1. The quantitative estimate of drug-likeness (QED) is 0.120. The van der Waals surface area contributed by atoms with Gasteiger partial charge in [0.15, 0.2) is 0 Å². The summed E-state index contributed by atoms with van der Waals surface area (Å²) in [4.78, 5) is 12.2. The van der Waals surface area contributed by atoms with Gasteiger partial charge in [-0.3, -0.25) is 0 Å². The van der Waals surface area contributed by atoms with Crippen LogP contribution in [-0.4, -0.2) is 15.7 Å². The molecule has 0 amide bonds. The van der Waals surface area contributed by atoms with Crippen molar-refractivity contribution in [3.63, 3.8) is 0 Å². The van der Waals surface area contributed by atoms with Gasteiger partial charge < -0.3 is 4.74 Å². The second-order valence-corrected chi connectivity index (χ2v) is 9.28. The van der Waals surface area contributed by atoms with Crippen LogP contribution in [0.3, 0.4) is 0 Å². The van der Waals surface area contributed by atoms with Gasteiger partial charge in [0.05, 0.1) is 0 Å². The molecule has 0 aliphatic heterocycles. The molecule has 1 rings (SSSR count). The van der Waals surface area contributed by atoms with E-state index in [0.717, 1.165) is 19.3 Å². The highest BCUT2D eigenvalue weighted by atomic mass is 35.5. The average Bonchev–Trinajstić information content (AvgIpc) is 2.63. The van der Waals surface area contributed by atoms with Gasteiger partial charge in [-0.05, 0) is 18.6 Å². The molecule has 0 N–H and O–H groups in total. The zero-order valence-corrected chi connectivity index (χ0v) is 18.7. The lowest BCUT2D eigenvalue weighted by molar-refractivity contribution is -0.135. The molecule has 0 saturated carbocycles. The molecule has 2 nitrogen and oxygen atoms in total. The first-order valence-corrected chi connectivity index (χ1v) is 11.4. The maximum atomic E-state index is 12.2. The van der Waals surface area contributed by atoms with Gasteiger partial charge in [0.2, 0.25) is 4.33 Å². The molecular weight excluding hydrogens is 403 g/mol. The first kappa shape index (κ1) is 24.6. The molecule has 0 saturated heterocycles. The Morgan fingerprint density at radius 1 is 0.926 bits per heavy atom. The fourth-order valence-corrected chi connectivity index (χ4v) is 3.98. The summed E-state index contributed by atoms with van der Waals surface area (Å²) in [7, 11) is 0. The van der Waals surface area contributed by atoms with E-state index in [2.05, 4.69) is 6.92 Å². The van der Waals surface area contributed by atoms with Gasteiger partial charge >= 0.3 is 5.97 Å². The van der Waals surface area contributed by atoms with Gasteiger partial charge in [0.25, 0.3) is 0 Å². The second-order valence-electron chi connectivity index (χ2n) is 7.18. The molecule has 0 spiro atoms. The van der Waals surface area contributed by atoms with Crippen molar-refractivity contribution in [3.05, 3.63) is 30.3 Å². The molecule has 154 valence electrons. The lowest BCUT2D eigenvalue weighted by Crippen LogP contribution is -2.33. The Bertz CT molecular complexity index is 506. The number of hydrogen-bond donors (Lipinski definition) is 0. The molecule has 27 heavy (non-hydrogen) atoms. The average molecular weight is 436 g/mol. The molecule has 0 fully saturated rings. The van der Waals surface area contributed by atoms with E-state index in [0.29, 0.717) is 5.75 Å². The van der Waals surface area contributed by atoms with Crippen molar-refractivity contribution in [2.24, 2.45) is 0 Å². The van der Waals surface area contributed by atoms with Crippen LogP contribution < -0.4 is 4.74 Å². The summed E-state index contributed by atoms with van der Waals surface area (Å²) in [5, 5.41) is -0.239. The van der Waals surface area contributed by atoms with E-state index in [1.807, 2.05) is 6.07 Å². The van der Waals surface area contributed by atoms with Crippen molar-refractivity contribution >= 4 is 40.8 Å². The Kier molecular flexibility index (Phi) is 13.2. The summed E-state index contributed by atoms with van der Waals surface area (Å²) in [5.74, 6) is -0.250. The normalized spacial score (nSPS) is 12.7. The largest absolute Gasteiger partial charge is 0.424 e. The number of ether oxygens (including phenoxy) is 1. The van der Waals surface area contributed by atoms with Gasteiger partial charge in [0, 0.05) is 11.8 Å². The van der Waals surface area contributed by atoms with E-state index < -0.39 is 10.3 Å². The van der Waals surface area contributed by atoms with E-state index in [-0.39, 0.29) is 11.8 Å². The lowest BCUT2D eigenvalue weighted by atomic mass is 10.0. The molecular formula is C22H33Cl3O2. The van der Waals surface area contributed by atoms with E-state index in [4.69, 9.17) is 39.5 Å². The fourth-order valence-electron chi connectivity index (χ4n) is 2.99. The third-order valence-electron chi connectivity index (χ3n) is 4.60. The second kappa shape index (κ2) is 14.5. The van der Waals surface area contributed by atoms with Crippen LogP contribution in [0.25, 0.3) is 0 Å². The highest BCUT2D eigenvalue weighted by molar-refractivity contribution is 6.57. The van der Waals surface area contributed by atoms with Crippen molar-refractivity contribution in [1.82, 2.24) is 0 Å². The van der Waals surface area contributed by atoms with Crippen LogP contribution >= 0.6 is 34.8 Å². The maximum Gasteiger partial charge on any atom is 0.348 e. The van der Waals surface area contributed by atoms with Gasteiger partial charge in [-0.15, -0.1) is 11.6 Å². The molecule has 1 atom stereocenters. The zero-order chi connectivity index (χ0) is 20.0. The minimum Gasteiger partial charge on any atom is -0.424 e. The van der Waals surface area contributed by atoms with Gasteiger partial charge in [0.1, 0.15) is 5.75 Å². The first-order valence-electron chi connectivity index (χ1n) is 10.2. The highest BCUT2D eigenvalue weighted by Crippen LogP contribution is 2.32. The summed E-state index contributed by atoms with van der Waals surface area (Å²) >= 11 is 18.7. The first-order chi connectivity index (χ1) is 13.0.